The molecule has 0 bridgehead atoms. The summed E-state index contributed by atoms with van der Waals surface area (Å²) in [5.74, 6) is 0. The Morgan fingerprint density at radius 2 is 1.50 bits per heavy atom. The van der Waals surface area contributed by atoms with E-state index in [1.54, 1.807) is 0 Å². The van der Waals surface area contributed by atoms with Gasteiger partial charge < -0.3 is 10.0 Å². The molecule has 2 heteroatoms. The third kappa shape index (κ3) is 12.0. The molecule has 1 atom stereocenters. The standard InChI is InChI=1S/C14H31NO/c1-4-5-6-7-8-9-10-12-15(3)13-11-14(2)16/h14,16H,4-13H2,1-3H3. The lowest BCUT2D eigenvalue weighted by molar-refractivity contribution is 0.164. The molecule has 1 unspecified atom stereocenters. The number of hydrogen-bond acceptors (Lipinski definition) is 2. The summed E-state index contributed by atoms with van der Waals surface area (Å²) in [7, 11) is 2.15. The quantitative estimate of drug-likeness (QED) is 0.549. The van der Waals surface area contributed by atoms with E-state index in [1.807, 2.05) is 6.92 Å². The molecule has 98 valence electrons. The Bertz CT molecular complexity index is 137. The molecule has 0 aliphatic carbocycles. The molecule has 0 aromatic heterocycles. The summed E-state index contributed by atoms with van der Waals surface area (Å²) in [6.07, 6.45) is 10.4. The van der Waals surface area contributed by atoms with Crippen molar-refractivity contribution < 1.29 is 5.11 Å². The van der Waals surface area contributed by atoms with Crippen LogP contribution in [0.3, 0.4) is 0 Å². The smallest absolute Gasteiger partial charge is 0.0524 e. The molecule has 16 heavy (non-hydrogen) atoms. The summed E-state index contributed by atoms with van der Waals surface area (Å²) in [6.45, 7) is 6.33. The van der Waals surface area contributed by atoms with Crippen molar-refractivity contribution in [2.45, 2.75) is 71.3 Å². The minimum atomic E-state index is -0.156. The van der Waals surface area contributed by atoms with Crippen LogP contribution in [0.25, 0.3) is 0 Å². The predicted molar refractivity (Wildman–Crippen MR) is 71.8 cm³/mol. The third-order valence-electron chi connectivity index (χ3n) is 3.07. The van der Waals surface area contributed by atoms with Gasteiger partial charge in [0.2, 0.25) is 0 Å². The monoisotopic (exact) mass is 229 g/mol. The second-order valence-corrected chi connectivity index (χ2v) is 5.06. The van der Waals surface area contributed by atoms with Gasteiger partial charge in [0.15, 0.2) is 0 Å². The lowest BCUT2D eigenvalue weighted by Gasteiger charge is -2.17. The van der Waals surface area contributed by atoms with E-state index < -0.39 is 0 Å². The van der Waals surface area contributed by atoms with Crippen molar-refractivity contribution in [1.29, 1.82) is 0 Å². The van der Waals surface area contributed by atoms with Gasteiger partial charge in [0.1, 0.15) is 0 Å². The van der Waals surface area contributed by atoms with Crippen LogP contribution in [-0.4, -0.2) is 36.2 Å². The lowest BCUT2D eigenvalue weighted by atomic mass is 10.1. The van der Waals surface area contributed by atoms with Crippen LogP contribution in [0, 0.1) is 0 Å². The van der Waals surface area contributed by atoms with Crippen LogP contribution in [0.1, 0.15) is 65.2 Å². The molecule has 0 aromatic rings. The zero-order valence-corrected chi connectivity index (χ0v) is 11.5. The summed E-state index contributed by atoms with van der Waals surface area (Å²) in [6, 6.07) is 0. The van der Waals surface area contributed by atoms with Gasteiger partial charge in [0.25, 0.3) is 0 Å². The van der Waals surface area contributed by atoms with Crippen molar-refractivity contribution in [2.75, 3.05) is 20.1 Å². The molecular formula is C14H31NO. The van der Waals surface area contributed by atoms with Gasteiger partial charge in [0.05, 0.1) is 6.10 Å². The van der Waals surface area contributed by atoms with E-state index in [2.05, 4.69) is 18.9 Å². The Morgan fingerprint density at radius 1 is 0.938 bits per heavy atom. The van der Waals surface area contributed by atoms with E-state index in [9.17, 15) is 0 Å². The molecular weight excluding hydrogens is 198 g/mol. The van der Waals surface area contributed by atoms with Gasteiger partial charge >= 0.3 is 0 Å². The highest BCUT2D eigenvalue weighted by molar-refractivity contribution is 4.55. The van der Waals surface area contributed by atoms with Crippen molar-refractivity contribution >= 4 is 0 Å². The van der Waals surface area contributed by atoms with Crippen molar-refractivity contribution in [3.05, 3.63) is 0 Å². The zero-order valence-electron chi connectivity index (χ0n) is 11.5. The van der Waals surface area contributed by atoms with Crippen LogP contribution in [-0.2, 0) is 0 Å². The summed E-state index contributed by atoms with van der Waals surface area (Å²) < 4.78 is 0. The maximum absolute atomic E-state index is 9.17. The van der Waals surface area contributed by atoms with Crippen LogP contribution in [0.4, 0.5) is 0 Å². The average Bonchev–Trinajstić information content (AvgIpc) is 2.25. The van der Waals surface area contributed by atoms with E-state index in [0.29, 0.717) is 0 Å². The van der Waals surface area contributed by atoms with Crippen LogP contribution < -0.4 is 0 Å². The molecule has 0 aliphatic heterocycles. The normalized spacial score (nSPS) is 13.3. The van der Waals surface area contributed by atoms with Crippen molar-refractivity contribution in [2.24, 2.45) is 0 Å². The highest BCUT2D eigenvalue weighted by Crippen LogP contribution is 2.07. The molecule has 0 aliphatic rings. The zero-order chi connectivity index (χ0) is 12.2. The topological polar surface area (TPSA) is 23.5 Å². The highest BCUT2D eigenvalue weighted by atomic mass is 16.3. The maximum atomic E-state index is 9.17. The Hall–Kier alpha value is -0.0800. The number of aliphatic hydroxyl groups excluding tert-OH is 1. The second kappa shape index (κ2) is 11.4. The molecule has 0 amide bonds. The fraction of sp³-hybridized carbons (Fsp3) is 1.00. The van der Waals surface area contributed by atoms with E-state index in [1.165, 1.54) is 51.5 Å². The van der Waals surface area contributed by atoms with Gasteiger partial charge in [-0.15, -0.1) is 0 Å². The number of nitrogens with zero attached hydrogens (tertiary/aromatic N) is 1. The van der Waals surface area contributed by atoms with Gasteiger partial charge in [0, 0.05) is 6.54 Å². The molecule has 0 rings (SSSR count). The Labute approximate surface area is 102 Å². The molecule has 0 saturated carbocycles. The first kappa shape index (κ1) is 15.9. The van der Waals surface area contributed by atoms with E-state index >= 15 is 0 Å². The van der Waals surface area contributed by atoms with Crippen LogP contribution in [0.5, 0.6) is 0 Å². The maximum Gasteiger partial charge on any atom is 0.0524 e. The highest BCUT2D eigenvalue weighted by Gasteiger charge is 2.00. The second-order valence-electron chi connectivity index (χ2n) is 5.06. The first-order chi connectivity index (χ1) is 7.66. The fourth-order valence-corrected chi connectivity index (χ4v) is 1.86. The summed E-state index contributed by atoms with van der Waals surface area (Å²) in [4.78, 5) is 2.33. The molecule has 0 saturated heterocycles. The van der Waals surface area contributed by atoms with Crippen molar-refractivity contribution in [3.63, 3.8) is 0 Å². The minimum absolute atomic E-state index is 0.156. The summed E-state index contributed by atoms with van der Waals surface area (Å²) >= 11 is 0. The molecule has 0 spiro atoms. The number of hydrogen-bond donors (Lipinski definition) is 1. The van der Waals surface area contributed by atoms with Gasteiger partial charge in [-0.1, -0.05) is 45.4 Å². The summed E-state index contributed by atoms with van der Waals surface area (Å²) in [5.41, 5.74) is 0. The number of aliphatic hydroxyl groups is 1. The Kier molecular flexibility index (Phi) is 11.3. The first-order valence-electron chi connectivity index (χ1n) is 7.03. The van der Waals surface area contributed by atoms with E-state index in [-0.39, 0.29) is 6.10 Å². The molecule has 0 radical (unpaired) electrons. The third-order valence-corrected chi connectivity index (χ3v) is 3.07. The SMILES string of the molecule is CCCCCCCCCN(C)CCC(C)O. The summed E-state index contributed by atoms with van der Waals surface area (Å²) in [5, 5.41) is 9.17. The van der Waals surface area contributed by atoms with E-state index in [0.717, 1.165) is 13.0 Å². The van der Waals surface area contributed by atoms with Crippen LogP contribution in [0.15, 0.2) is 0 Å². The van der Waals surface area contributed by atoms with Gasteiger partial charge in [-0.05, 0) is 33.4 Å². The largest absolute Gasteiger partial charge is 0.393 e. The van der Waals surface area contributed by atoms with E-state index in [4.69, 9.17) is 5.11 Å². The molecule has 1 N–H and O–H groups in total. The number of unbranched alkanes of at least 4 members (excludes halogenated alkanes) is 6. The van der Waals surface area contributed by atoms with Gasteiger partial charge in [-0.25, -0.2) is 0 Å². The van der Waals surface area contributed by atoms with Gasteiger partial charge in [-0.2, -0.15) is 0 Å². The lowest BCUT2D eigenvalue weighted by Crippen LogP contribution is -2.23. The first-order valence-corrected chi connectivity index (χ1v) is 7.03. The van der Waals surface area contributed by atoms with Crippen LogP contribution >= 0.6 is 0 Å². The van der Waals surface area contributed by atoms with Crippen molar-refractivity contribution in [3.8, 4) is 0 Å². The van der Waals surface area contributed by atoms with Crippen LogP contribution in [0.2, 0.25) is 0 Å². The predicted octanol–water partition coefficient (Wildman–Crippen LogP) is 3.44. The minimum Gasteiger partial charge on any atom is -0.393 e. The molecule has 0 aromatic carbocycles. The molecule has 2 nitrogen and oxygen atoms in total. The average molecular weight is 229 g/mol. The van der Waals surface area contributed by atoms with Gasteiger partial charge in [-0.3, -0.25) is 0 Å². The Balaban J connectivity index is 3.12. The van der Waals surface area contributed by atoms with Crippen molar-refractivity contribution in [1.82, 2.24) is 4.90 Å². The fourth-order valence-electron chi connectivity index (χ4n) is 1.86. The molecule has 0 heterocycles. The molecule has 0 fully saturated rings. The Morgan fingerprint density at radius 3 is 2.06 bits per heavy atom. The number of rotatable bonds is 11.